The molecule has 0 aliphatic rings. The van der Waals surface area contributed by atoms with Crippen LogP contribution in [-0.2, 0) is 0 Å². The molecule has 0 aromatic carbocycles. The molecule has 7 heteroatoms. The van der Waals surface area contributed by atoms with E-state index in [0.717, 1.165) is 9.88 Å². The maximum absolute atomic E-state index is 13.4. The fourth-order valence-corrected chi connectivity index (χ4v) is 2.16. The van der Waals surface area contributed by atoms with Crippen LogP contribution < -0.4 is 5.32 Å². The molecule has 0 radical (unpaired) electrons. The molecule has 1 unspecified atom stereocenters. The fourth-order valence-electron chi connectivity index (χ4n) is 1.38. The van der Waals surface area contributed by atoms with Crippen molar-refractivity contribution < 1.29 is 13.2 Å². The first-order valence-electron chi connectivity index (χ1n) is 5.17. The number of nitrogens with zero attached hydrogens (tertiary/aromatic N) is 2. The molecule has 2 rings (SSSR count). The van der Waals surface area contributed by atoms with Gasteiger partial charge >= 0.3 is 0 Å². The van der Waals surface area contributed by atoms with Gasteiger partial charge in [-0.1, -0.05) is 0 Å². The second-order valence-corrected chi connectivity index (χ2v) is 5.03. The number of nitrogens with one attached hydrogen (secondary N) is 1. The lowest BCUT2D eigenvalue weighted by atomic mass is 10.3. The number of hydrogen-bond acceptors (Lipinski definition) is 4. The largest absolute Gasteiger partial charge is 0.359 e. The van der Waals surface area contributed by atoms with Crippen molar-refractivity contribution in [2.75, 3.05) is 5.32 Å². The molecule has 2 heterocycles. The number of halogens is 3. The topological polar surface area (TPSA) is 37.8 Å². The molecule has 1 N–H and O–H groups in total. The summed E-state index contributed by atoms with van der Waals surface area (Å²) in [6, 6.07) is 0.125. The lowest BCUT2D eigenvalue weighted by Gasteiger charge is -2.12. The van der Waals surface area contributed by atoms with Crippen LogP contribution in [0, 0.1) is 24.5 Å². The zero-order valence-electron chi connectivity index (χ0n) is 9.67. The number of aromatic nitrogens is 2. The van der Waals surface area contributed by atoms with Gasteiger partial charge in [0.1, 0.15) is 5.01 Å². The third-order valence-corrected chi connectivity index (χ3v) is 3.34. The van der Waals surface area contributed by atoms with Gasteiger partial charge in [0, 0.05) is 17.1 Å². The SMILES string of the molecule is Cc1cnc(C(C)Nc2nc(F)c(F)cc2F)s1. The Hall–Kier alpha value is -1.63. The van der Waals surface area contributed by atoms with Gasteiger partial charge in [-0.15, -0.1) is 11.3 Å². The predicted molar refractivity (Wildman–Crippen MR) is 63.0 cm³/mol. The van der Waals surface area contributed by atoms with Crippen LogP contribution in [0.15, 0.2) is 12.3 Å². The van der Waals surface area contributed by atoms with E-state index in [1.807, 2.05) is 6.92 Å². The van der Waals surface area contributed by atoms with Crippen LogP contribution in [-0.4, -0.2) is 9.97 Å². The van der Waals surface area contributed by atoms with Crippen molar-refractivity contribution in [3.05, 3.63) is 39.7 Å². The second-order valence-electron chi connectivity index (χ2n) is 3.77. The molecule has 0 saturated carbocycles. The van der Waals surface area contributed by atoms with Crippen LogP contribution in [0.3, 0.4) is 0 Å². The van der Waals surface area contributed by atoms with E-state index in [1.165, 1.54) is 11.3 Å². The van der Waals surface area contributed by atoms with Crippen molar-refractivity contribution >= 4 is 17.2 Å². The molecule has 0 amide bonds. The fraction of sp³-hybridized carbons (Fsp3) is 0.273. The average Bonchev–Trinajstić information content (AvgIpc) is 2.73. The molecule has 0 bridgehead atoms. The molecular weight excluding hydrogens is 263 g/mol. The smallest absolute Gasteiger partial charge is 0.251 e. The molecule has 0 spiro atoms. The summed E-state index contributed by atoms with van der Waals surface area (Å²) in [4.78, 5) is 8.32. The monoisotopic (exact) mass is 273 g/mol. The number of rotatable bonds is 3. The number of pyridine rings is 1. The highest BCUT2D eigenvalue weighted by atomic mass is 32.1. The first kappa shape index (κ1) is 12.8. The first-order chi connectivity index (χ1) is 8.47. The minimum absolute atomic E-state index is 0.325. The molecule has 0 saturated heterocycles. The quantitative estimate of drug-likeness (QED) is 0.870. The van der Waals surface area contributed by atoms with Gasteiger partial charge in [-0.05, 0) is 13.8 Å². The molecule has 3 nitrogen and oxygen atoms in total. The van der Waals surface area contributed by atoms with Gasteiger partial charge in [0.05, 0.1) is 6.04 Å². The second kappa shape index (κ2) is 4.93. The summed E-state index contributed by atoms with van der Waals surface area (Å²) < 4.78 is 39.0. The zero-order chi connectivity index (χ0) is 13.3. The van der Waals surface area contributed by atoms with Crippen molar-refractivity contribution in [1.82, 2.24) is 9.97 Å². The number of thiazole rings is 1. The number of anilines is 1. The molecule has 1 atom stereocenters. The van der Waals surface area contributed by atoms with E-state index in [-0.39, 0.29) is 11.9 Å². The predicted octanol–water partition coefficient (Wildman–Crippen LogP) is 3.44. The Morgan fingerprint density at radius 3 is 2.61 bits per heavy atom. The van der Waals surface area contributed by atoms with Crippen molar-refractivity contribution in [2.45, 2.75) is 19.9 Å². The average molecular weight is 273 g/mol. The number of hydrogen-bond donors (Lipinski definition) is 1. The van der Waals surface area contributed by atoms with Gasteiger partial charge in [0.15, 0.2) is 17.5 Å². The molecule has 18 heavy (non-hydrogen) atoms. The molecule has 0 aliphatic carbocycles. The van der Waals surface area contributed by atoms with E-state index >= 15 is 0 Å². The van der Waals surface area contributed by atoms with E-state index in [2.05, 4.69) is 15.3 Å². The van der Waals surface area contributed by atoms with Crippen molar-refractivity contribution in [2.24, 2.45) is 0 Å². The summed E-state index contributed by atoms with van der Waals surface area (Å²) in [5.74, 6) is -3.90. The van der Waals surface area contributed by atoms with Gasteiger partial charge in [-0.25, -0.2) is 13.8 Å². The standard InChI is InChI=1S/C11H10F3N3S/c1-5-4-15-11(18-5)6(2)16-10-8(13)3-7(12)9(14)17-10/h3-4,6H,1-2H3,(H,16,17). The van der Waals surface area contributed by atoms with E-state index in [9.17, 15) is 13.2 Å². The summed E-state index contributed by atoms with van der Waals surface area (Å²) in [7, 11) is 0. The Kier molecular flexibility index (Phi) is 3.51. The first-order valence-corrected chi connectivity index (χ1v) is 5.99. The Labute approximate surface area is 106 Å². The summed E-state index contributed by atoms with van der Waals surface area (Å²) >= 11 is 1.44. The Morgan fingerprint density at radius 1 is 1.28 bits per heavy atom. The van der Waals surface area contributed by atoms with E-state index in [1.54, 1.807) is 13.1 Å². The van der Waals surface area contributed by atoms with Gasteiger partial charge < -0.3 is 5.32 Å². The van der Waals surface area contributed by atoms with Crippen LogP contribution in [0.2, 0.25) is 0 Å². The highest BCUT2D eigenvalue weighted by Crippen LogP contribution is 2.24. The molecule has 0 fully saturated rings. The van der Waals surface area contributed by atoms with Crippen molar-refractivity contribution in [3.8, 4) is 0 Å². The van der Waals surface area contributed by atoms with E-state index < -0.39 is 17.6 Å². The molecule has 0 aliphatic heterocycles. The lowest BCUT2D eigenvalue weighted by Crippen LogP contribution is -2.10. The Balaban J connectivity index is 2.21. The highest BCUT2D eigenvalue weighted by molar-refractivity contribution is 7.11. The maximum Gasteiger partial charge on any atom is 0.251 e. The van der Waals surface area contributed by atoms with Crippen LogP contribution >= 0.6 is 11.3 Å². The third kappa shape index (κ3) is 2.61. The van der Waals surface area contributed by atoms with Crippen LogP contribution in [0.25, 0.3) is 0 Å². The Bertz CT molecular complexity index is 571. The van der Waals surface area contributed by atoms with Crippen LogP contribution in [0.5, 0.6) is 0 Å². The van der Waals surface area contributed by atoms with Crippen LogP contribution in [0.1, 0.15) is 22.9 Å². The van der Waals surface area contributed by atoms with Crippen LogP contribution in [0.4, 0.5) is 19.0 Å². The van der Waals surface area contributed by atoms with Gasteiger partial charge in [0.2, 0.25) is 0 Å². The highest BCUT2D eigenvalue weighted by Gasteiger charge is 2.15. The normalized spacial score (nSPS) is 12.5. The summed E-state index contributed by atoms with van der Waals surface area (Å²) in [5.41, 5.74) is 0. The molecule has 2 aromatic rings. The summed E-state index contributed by atoms with van der Waals surface area (Å²) in [5, 5.41) is 3.38. The van der Waals surface area contributed by atoms with Crippen molar-refractivity contribution in [3.63, 3.8) is 0 Å². The maximum atomic E-state index is 13.4. The minimum atomic E-state index is -1.33. The third-order valence-electron chi connectivity index (χ3n) is 2.25. The van der Waals surface area contributed by atoms with Gasteiger partial charge in [0.25, 0.3) is 5.95 Å². The van der Waals surface area contributed by atoms with Crippen molar-refractivity contribution in [1.29, 1.82) is 0 Å². The molecule has 2 aromatic heterocycles. The molecular formula is C11H10F3N3S. The Morgan fingerprint density at radius 2 is 2.00 bits per heavy atom. The lowest BCUT2D eigenvalue weighted by molar-refractivity contribution is 0.465. The molecule has 96 valence electrons. The number of aryl methyl sites for hydroxylation is 1. The minimum Gasteiger partial charge on any atom is -0.359 e. The van der Waals surface area contributed by atoms with Gasteiger partial charge in [-0.3, -0.25) is 0 Å². The van der Waals surface area contributed by atoms with Gasteiger partial charge in [-0.2, -0.15) is 9.37 Å². The van der Waals surface area contributed by atoms with E-state index in [4.69, 9.17) is 0 Å². The zero-order valence-corrected chi connectivity index (χ0v) is 10.5. The summed E-state index contributed by atoms with van der Waals surface area (Å²) in [6.45, 7) is 3.63. The summed E-state index contributed by atoms with van der Waals surface area (Å²) in [6.07, 6.45) is 1.69. The van der Waals surface area contributed by atoms with E-state index in [0.29, 0.717) is 6.07 Å².